The minimum absolute atomic E-state index is 0.108. The number of amides is 2. The SMILES string of the molecule is C[C@H]1CCc2nnc(-c3cccc(NC(=O)c4cc5c(cn4)CCN(C(=O)C(C)(C)C)C5)n3)n21. The first-order valence-corrected chi connectivity index (χ1v) is 11.7. The summed E-state index contributed by atoms with van der Waals surface area (Å²) < 4.78 is 2.11. The number of hydrogen-bond acceptors (Lipinski definition) is 6. The highest BCUT2D eigenvalue weighted by molar-refractivity contribution is 6.02. The molecule has 1 N–H and O–H groups in total. The lowest BCUT2D eigenvalue weighted by atomic mass is 9.92. The van der Waals surface area contributed by atoms with E-state index in [2.05, 4.69) is 37.0 Å². The second kappa shape index (κ2) is 8.30. The third-order valence-electron chi connectivity index (χ3n) is 6.47. The number of pyridine rings is 2. The first kappa shape index (κ1) is 22.2. The van der Waals surface area contributed by atoms with Gasteiger partial charge in [0.05, 0.1) is 0 Å². The van der Waals surface area contributed by atoms with Crippen LogP contribution in [0, 0.1) is 5.41 Å². The fraction of sp³-hybridized carbons (Fsp3) is 0.440. The summed E-state index contributed by atoms with van der Waals surface area (Å²) in [5.74, 6) is 1.87. The molecular weight excluding hydrogens is 430 g/mol. The molecule has 2 aliphatic rings. The maximum Gasteiger partial charge on any atom is 0.275 e. The van der Waals surface area contributed by atoms with Crippen LogP contribution in [0.1, 0.15) is 67.6 Å². The molecule has 1 atom stereocenters. The van der Waals surface area contributed by atoms with E-state index in [0.29, 0.717) is 42.2 Å². The van der Waals surface area contributed by atoms with Crippen LogP contribution in [-0.4, -0.2) is 48.0 Å². The van der Waals surface area contributed by atoms with Crippen LogP contribution in [-0.2, 0) is 24.2 Å². The van der Waals surface area contributed by atoms with Crippen LogP contribution < -0.4 is 5.32 Å². The van der Waals surface area contributed by atoms with Crippen LogP contribution in [0.3, 0.4) is 0 Å². The molecule has 0 saturated heterocycles. The van der Waals surface area contributed by atoms with Gasteiger partial charge >= 0.3 is 0 Å². The highest BCUT2D eigenvalue weighted by atomic mass is 16.2. The molecule has 3 aromatic rings. The van der Waals surface area contributed by atoms with Gasteiger partial charge in [-0.3, -0.25) is 14.6 Å². The minimum Gasteiger partial charge on any atom is -0.338 e. The molecule has 5 rings (SSSR count). The average molecular weight is 460 g/mol. The van der Waals surface area contributed by atoms with Gasteiger partial charge in [-0.15, -0.1) is 10.2 Å². The molecule has 0 unspecified atom stereocenters. The number of fused-ring (bicyclic) bond motifs is 2. The van der Waals surface area contributed by atoms with Gasteiger partial charge in [-0.05, 0) is 49.1 Å². The third kappa shape index (κ3) is 4.06. The lowest BCUT2D eigenvalue weighted by Gasteiger charge is -2.33. The Kier molecular flexibility index (Phi) is 5.42. The second-order valence-electron chi connectivity index (χ2n) is 10.1. The lowest BCUT2D eigenvalue weighted by molar-refractivity contribution is -0.140. The van der Waals surface area contributed by atoms with Crippen molar-refractivity contribution in [2.45, 2.75) is 59.5 Å². The van der Waals surface area contributed by atoms with Gasteiger partial charge in [0.2, 0.25) is 5.91 Å². The first-order valence-electron chi connectivity index (χ1n) is 11.7. The van der Waals surface area contributed by atoms with Gasteiger partial charge in [-0.25, -0.2) is 4.98 Å². The van der Waals surface area contributed by atoms with Crippen LogP contribution in [0.15, 0.2) is 30.5 Å². The number of rotatable bonds is 3. The summed E-state index contributed by atoms with van der Waals surface area (Å²) in [5.41, 5.74) is 2.56. The van der Waals surface area contributed by atoms with Gasteiger partial charge in [0.25, 0.3) is 5.91 Å². The number of carbonyl (C=O) groups is 2. The molecule has 0 aliphatic carbocycles. The Morgan fingerprint density at radius 1 is 1.12 bits per heavy atom. The number of carbonyl (C=O) groups excluding carboxylic acids is 2. The number of nitrogens with zero attached hydrogens (tertiary/aromatic N) is 6. The molecule has 0 spiro atoms. The number of aromatic nitrogens is 5. The summed E-state index contributed by atoms with van der Waals surface area (Å²) in [6.07, 6.45) is 4.43. The number of anilines is 1. The monoisotopic (exact) mass is 459 g/mol. The van der Waals surface area contributed by atoms with E-state index in [0.717, 1.165) is 36.2 Å². The summed E-state index contributed by atoms with van der Waals surface area (Å²) in [6.45, 7) is 9.06. The van der Waals surface area contributed by atoms with Crippen LogP contribution in [0.25, 0.3) is 11.5 Å². The fourth-order valence-electron chi connectivity index (χ4n) is 4.62. The number of nitrogens with one attached hydrogen (secondary N) is 1. The molecule has 0 aromatic carbocycles. The summed E-state index contributed by atoms with van der Waals surface area (Å²) in [7, 11) is 0. The molecule has 0 radical (unpaired) electrons. The molecule has 0 saturated carbocycles. The highest BCUT2D eigenvalue weighted by Crippen LogP contribution is 2.30. The molecule has 0 fully saturated rings. The van der Waals surface area contributed by atoms with Crippen LogP contribution in [0.2, 0.25) is 0 Å². The van der Waals surface area contributed by atoms with Crippen molar-refractivity contribution < 1.29 is 9.59 Å². The fourth-order valence-corrected chi connectivity index (χ4v) is 4.62. The van der Waals surface area contributed by atoms with E-state index in [1.165, 1.54) is 0 Å². The molecule has 34 heavy (non-hydrogen) atoms. The molecule has 2 aliphatic heterocycles. The maximum absolute atomic E-state index is 13.0. The summed E-state index contributed by atoms with van der Waals surface area (Å²) in [4.78, 5) is 36.5. The van der Waals surface area contributed by atoms with Gasteiger partial charge in [0.15, 0.2) is 5.82 Å². The first-order chi connectivity index (χ1) is 16.2. The summed E-state index contributed by atoms with van der Waals surface area (Å²) in [6, 6.07) is 7.56. The zero-order valence-electron chi connectivity index (χ0n) is 20.0. The van der Waals surface area contributed by atoms with Gasteiger partial charge in [0, 0.05) is 37.2 Å². The quantitative estimate of drug-likeness (QED) is 0.643. The smallest absolute Gasteiger partial charge is 0.275 e. The molecular formula is C25H29N7O2. The molecule has 2 amide bonds. The third-order valence-corrected chi connectivity index (χ3v) is 6.47. The normalized spacial score (nSPS) is 17.3. The predicted molar refractivity (Wildman–Crippen MR) is 127 cm³/mol. The zero-order valence-corrected chi connectivity index (χ0v) is 20.0. The van der Waals surface area contributed by atoms with Crippen molar-refractivity contribution in [1.82, 2.24) is 29.6 Å². The topological polar surface area (TPSA) is 106 Å². The Labute approximate surface area is 198 Å². The Morgan fingerprint density at radius 3 is 2.74 bits per heavy atom. The Bertz CT molecular complexity index is 1270. The van der Waals surface area contributed by atoms with Gasteiger partial charge in [-0.1, -0.05) is 26.8 Å². The molecule has 0 bridgehead atoms. The van der Waals surface area contributed by atoms with Crippen molar-refractivity contribution in [3.05, 3.63) is 53.1 Å². The van der Waals surface area contributed by atoms with Crippen LogP contribution >= 0.6 is 0 Å². The Balaban J connectivity index is 1.34. The van der Waals surface area contributed by atoms with E-state index >= 15 is 0 Å². The molecule has 9 nitrogen and oxygen atoms in total. The lowest BCUT2D eigenvalue weighted by Crippen LogP contribution is -2.42. The molecule has 5 heterocycles. The van der Waals surface area contributed by atoms with Crippen LogP contribution in [0.4, 0.5) is 5.82 Å². The van der Waals surface area contributed by atoms with Gasteiger partial charge in [-0.2, -0.15) is 0 Å². The van der Waals surface area contributed by atoms with E-state index < -0.39 is 5.41 Å². The van der Waals surface area contributed by atoms with Gasteiger partial charge in [0.1, 0.15) is 23.0 Å². The summed E-state index contributed by atoms with van der Waals surface area (Å²) >= 11 is 0. The van der Waals surface area contributed by atoms with Crippen molar-refractivity contribution in [3.8, 4) is 11.5 Å². The van der Waals surface area contributed by atoms with E-state index in [1.807, 2.05) is 37.8 Å². The predicted octanol–water partition coefficient (Wildman–Crippen LogP) is 3.43. The second-order valence-corrected chi connectivity index (χ2v) is 10.1. The van der Waals surface area contributed by atoms with Crippen molar-refractivity contribution in [2.75, 3.05) is 11.9 Å². The largest absolute Gasteiger partial charge is 0.338 e. The van der Waals surface area contributed by atoms with Crippen molar-refractivity contribution in [1.29, 1.82) is 0 Å². The van der Waals surface area contributed by atoms with E-state index in [-0.39, 0.29) is 11.8 Å². The average Bonchev–Trinajstić information content (AvgIpc) is 3.40. The van der Waals surface area contributed by atoms with Crippen molar-refractivity contribution >= 4 is 17.6 Å². The van der Waals surface area contributed by atoms with Crippen molar-refractivity contribution in [2.24, 2.45) is 5.41 Å². The van der Waals surface area contributed by atoms with E-state index in [4.69, 9.17) is 0 Å². The standard InChI is InChI=1S/C25H29N7O2/c1-15-8-9-21-29-30-22(32(15)21)18-6-5-7-20(27-18)28-23(33)19-12-17-14-31(24(34)25(2,3)4)11-10-16(17)13-26-19/h5-7,12-13,15H,8-11,14H2,1-4H3,(H,27,28,33)/t15-/m0/s1. The van der Waals surface area contributed by atoms with Crippen LogP contribution in [0.5, 0.6) is 0 Å². The van der Waals surface area contributed by atoms with Gasteiger partial charge < -0.3 is 14.8 Å². The van der Waals surface area contributed by atoms with Crippen molar-refractivity contribution in [3.63, 3.8) is 0 Å². The summed E-state index contributed by atoms with van der Waals surface area (Å²) in [5, 5.41) is 11.5. The molecule has 9 heteroatoms. The Hall–Kier alpha value is -3.62. The highest BCUT2D eigenvalue weighted by Gasteiger charge is 2.30. The number of hydrogen-bond donors (Lipinski definition) is 1. The molecule has 176 valence electrons. The number of aryl methyl sites for hydroxylation is 1. The Morgan fingerprint density at radius 2 is 1.94 bits per heavy atom. The van der Waals surface area contributed by atoms with E-state index in [9.17, 15) is 9.59 Å². The zero-order chi connectivity index (χ0) is 24.0. The minimum atomic E-state index is -0.441. The van der Waals surface area contributed by atoms with E-state index in [1.54, 1.807) is 18.3 Å². The molecule has 3 aromatic heterocycles. The maximum atomic E-state index is 13.0.